The van der Waals surface area contributed by atoms with Gasteiger partial charge in [-0.1, -0.05) is 11.8 Å². The van der Waals surface area contributed by atoms with Gasteiger partial charge in [0, 0.05) is 24.5 Å². The Bertz CT molecular complexity index is 625. The zero-order chi connectivity index (χ0) is 15.2. The number of Topliss-reactive ketones (excluding diaryl/α,β-unsaturated/α-hetero) is 1. The summed E-state index contributed by atoms with van der Waals surface area (Å²) in [5, 5.41) is 0.853. The van der Waals surface area contributed by atoms with Gasteiger partial charge < -0.3 is 14.0 Å². The molecule has 0 radical (unpaired) electrons. The highest BCUT2D eigenvalue weighted by molar-refractivity contribution is 7.99. The molecule has 0 saturated carbocycles. The summed E-state index contributed by atoms with van der Waals surface area (Å²) in [7, 11) is 3.12. The molecule has 0 unspecified atom stereocenters. The zero-order valence-electron chi connectivity index (χ0n) is 12.3. The summed E-state index contributed by atoms with van der Waals surface area (Å²) in [4.78, 5) is 16.5. The minimum absolute atomic E-state index is 0.0339. The molecule has 0 N–H and O–H groups in total. The lowest BCUT2D eigenvalue weighted by Gasteiger charge is -2.09. The minimum Gasteiger partial charge on any atom is -0.493 e. The third kappa shape index (κ3) is 3.58. The first kappa shape index (κ1) is 15.4. The van der Waals surface area contributed by atoms with Gasteiger partial charge in [-0.3, -0.25) is 4.79 Å². The van der Waals surface area contributed by atoms with Gasteiger partial charge in [0.2, 0.25) is 0 Å². The van der Waals surface area contributed by atoms with E-state index in [1.807, 2.05) is 17.7 Å². The van der Waals surface area contributed by atoms with Crippen molar-refractivity contribution in [3.8, 4) is 11.5 Å². The molecule has 112 valence electrons. The molecule has 1 aromatic heterocycles. The van der Waals surface area contributed by atoms with E-state index in [0.717, 1.165) is 11.7 Å². The Labute approximate surface area is 128 Å². The molecule has 0 fully saturated rings. The maximum Gasteiger partial charge on any atom is 0.173 e. The zero-order valence-corrected chi connectivity index (χ0v) is 13.1. The van der Waals surface area contributed by atoms with Crippen molar-refractivity contribution in [2.75, 3.05) is 20.0 Å². The van der Waals surface area contributed by atoms with Crippen molar-refractivity contribution in [3.63, 3.8) is 0 Å². The van der Waals surface area contributed by atoms with Gasteiger partial charge in [0.25, 0.3) is 0 Å². The van der Waals surface area contributed by atoms with E-state index in [2.05, 4.69) is 4.98 Å². The second-order valence-corrected chi connectivity index (χ2v) is 5.22. The Kier molecular flexibility index (Phi) is 5.27. The average Bonchev–Trinajstić information content (AvgIpc) is 2.99. The lowest BCUT2D eigenvalue weighted by atomic mass is 10.1. The smallest absolute Gasteiger partial charge is 0.173 e. The molecule has 2 rings (SSSR count). The van der Waals surface area contributed by atoms with Crippen LogP contribution in [0, 0.1) is 0 Å². The molecule has 0 saturated heterocycles. The second kappa shape index (κ2) is 7.17. The van der Waals surface area contributed by atoms with Crippen molar-refractivity contribution in [2.24, 2.45) is 0 Å². The van der Waals surface area contributed by atoms with E-state index in [1.165, 1.54) is 11.8 Å². The van der Waals surface area contributed by atoms with Gasteiger partial charge in [0.05, 0.1) is 20.0 Å². The molecular weight excluding hydrogens is 288 g/mol. The molecule has 1 heterocycles. The predicted molar refractivity (Wildman–Crippen MR) is 82.5 cm³/mol. The van der Waals surface area contributed by atoms with Crippen LogP contribution in [-0.4, -0.2) is 35.3 Å². The number of benzene rings is 1. The number of nitrogens with zero attached hydrogens (tertiary/aromatic N) is 2. The van der Waals surface area contributed by atoms with Crippen molar-refractivity contribution in [1.82, 2.24) is 9.55 Å². The van der Waals surface area contributed by atoms with Crippen LogP contribution in [0.5, 0.6) is 11.5 Å². The van der Waals surface area contributed by atoms with Crippen LogP contribution in [0.25, 0.3) is 0 Å². The summed E-state index contributed by atoms with van der Waals surface area (Å²) in [6.07, 6.45) is 3.65. The Morgan fingerprint density at radius 2 is 2.05 bits per heavy atom. The van der Waals surface area contributed by atoms with Crippen LogP contribution in [0.3, 0.4) is 0 Å². The number of thioether (sulfide) groups is 1. The number of aromatic nitrogens is 2. The lowest BCUT2D eigenvalue weighted by molar-refractivity contribution is 0.102. The number of aryl methyl sites for hydroxylation is 1. The number of methoxy groups -OCH3 is 2. The molecule has 2 aromatic rings. The fourth-order valence-electron chi connectivity index (χ4n) is 1.90. The number of hydrogen-bond acceptors (Lipinski definition) is 5. The number of ether oxygens (including phenoxy) is 2. The van der Waals surface area contributed by atoms with Gasteiger partial charge in [-0.25, -0.2) is 4.98 Å². The average molecular weight is 306 g/mol. The SMILES string of the molecule is CCn1ccnc1SCC(=O)c1ccc(OC)c(OC)c1. The summed E-state index contributed by atoms with van der Waals surface area (Å²) in [6, 6.07) is 5.19. The van der Waals surface area contributed by atoms with Crippen LogP contribution >= 0.6 is 11.8 Å². The second-order valence-electron chi connectivity index (χ2n) is 4.28. The Morgan fingerprint density at radius 1 is 1.29 bits per heavy atom. The molecule has 0 atom stereocenters. The highest BCUT2D eigenvalue weighted by Gasteiger charge is 2.12. The lowest BCUT2D eigenvalue weighted by Crippen LogP contribution is -2.05. The van der Waals surface area contributed by atoms with E-state index in [9.17, 15) is 4.79 Å². The van der Waals surface area contributed by atoms with E-state index in [4.69, 9.17) is 9.47 Å². The molecule has 0 aliphatic rings. The highest BCUT2D eigenvalue weighted by atomic mass is 32.2. The highest BCUT2D eigenvalue weighted by Crippen LogP contribution is 2.28. The van der Waals surface area contributed by atoms with Gasteiger partial charge in [0.1, 0.15) is 0 Å². The molecule has 0 bridgehead atoms. The molecule has 21 heavy (non-hydrogen) atoms. The standard InChI is InChI=1S/C15H18N2O3S/c1-4-17-8-7-16-15(17)21-10-12(18)11-5-6-13(19-2)14(9-11)20-3/h5-9H,4,10H2,1-3H3. The minimum atomic E-state index is 0.0339. The largest absolute Gasteiger partial charge is 0.493 e. The molecule has 5 nitrogen and oxygen atoms in total. The number of ketones is 1. The molecule has 0 amide bonds. The monoisotopic (exact) mass is 306 g/mol. The van der Waals surface area contributed by atoms with Crippen molar-refractivity contribution in [3.05, 3.63) is 36.2 Å². The summed E-state index contributed by atoms with van der Waals surface area (Å²) in [5.74, 6) is 1.55. The molecular formula is C15H18N2O3S. The number of imidazole rings is 1. The molecule has 6 heteroatoms. The van der Waals surface area contributed by atoms with Crippen molar-refractivity contribution >= 4 is 17.5 Å². The van der Waals surface area contributed by atoms with Gasteiger partial charge >= 0.3 is 0 Å². The maximum absolute atomic E-state index is 12.3. The third-order valence-corrected chi connectivity index (χ3v) is 4.06. The first-order valence-electron chi connectivity index (χ1n) is 6.58. The first-order chi connectivity index (χ1) is 10.2. The van der Waals surface area contributed by atoms with Crippen LogP contribution in [0.2, 0.25) is 0 Å². The summed E-state index contributed by atoms with van der Waals surface area (Å²) >= 11 is 1.43. The maximum atomic E-state index is 12.3. The quantitative estimate of drug-likeness (QED) is 0.581. The van der Waals surface area contributed by atoms with E-state index in [1.54, 1.807) is 38.6 Å². The first-order valence-corrected chi connectivity index (χ1v) is 7.57. The molecule has 0 spiro atoms. The number of carbonyl (C=O) groups is 1. The third-order valence-electron chi connectivity index (χ3n) is 3.06. The fourth-order valence-corrected chi connectivity index (χ4v) is 2.82. The predicted octanol–water partition coefficient (Wildman–Crippen LogP) is 2.90. The van der Waals surface area contributed by atoms with Crippen LogP contribution in [0.1, 0.15) is 17.3 Å². The summed E-state index contributed by atoms with van der Waals surface area (Å²) in [5.41, 5.74) is 0.606. The van der Waals surface area contributed by atoms with Gasteiger partial charge in [-0.15, -0.1) is 0 Å². The van der Waals surface area contributed by atoms with Gasteiger partial charge in [-0.2, -0.15) is 0 Å². The fraction of sp³-hybridized carbons (Fsp3) is 0.333. The summed E-state index contributed by atoms with van der Waals surface area (Å²) in [6.45, 7) is 2.88. The van der Waals surface area contributed by atoms with E-state index < -0.39 is 0 Å². The molecule has 0 aliphatic carbocycles. The van der Waals surface area contributed by atoms with E-state index in [-0.39, 0.29) is 5.78 Å². The van der Waals surface area contributed by atoms with Crippen LogP contribution in [0.4, 0.5) is 0 Å². The van der Waals surface area contributed by atoms with Crippen molar-refractivity contribution in [2.45, 2.75) is 18.6 Å². The van der Waals surface area contributed by atoms with Crippen LogP contribution in [-0.2, 0) is 6.54 Å². The topological polar surface area (TPSA) is 53.4 Å². The number of hydrogen-bond donors (Lipinski definition) is 0. The van der Waals surface area contributed by atoms with E-state index >= 15 is 0 Å². The Hall–Kier alpha value is -1.95. The normalized spacial score (nSPS) is 10.4. The van der Waals surface area contributed by atoms with Crippen molar-refractivity contribution < 1.29 is 14.3 Å². The van der Waals surface area contributed by atoms with Crippen molar-refractivity contribution in [1.29, 1.82) is 0 Å². The Balaban J connectivity index is 2.07. The number of carbonyl (C=O) groups excluding carboxylic acids is 1. The molecule has 0 aliphatic heterocycles. The Morgan fingerprint density at radius 3 is 2.71 bits per heavy atom. The number of rotatable bonds is 7. The van der Waals surface area contributed by atoms with Crippen LogP contribution < -0.4 is 9.47 Å². The van der Waals surface area contributed by atoms with Crippen LogP contribution in [0.15, 0.2) is 35.7 Å². The van der Waals surface area contributed by atoms with Gasteiger partial charge in [0.15, 0.2) is 22.4 Å². The summed E-state index contributed by atoms with van der Waals surface area (Å²) < 4.78 is 12.4. The van der Waals surface area contributed by atoms with Gasteiger partial charge in [-0.05, 0) is 25.1 Å². The molecule has 1 aromatic carbocycles. The van der Waals surface area contributed by atoms with E-state index in [0.29, 0.717) is 22.8 Å².